The van der Waals surface area contributed by atoms with Crippen LogP contribution >= 0.6 is 0 Å². The van der Waals surface area contributed by atoms with Crippen molar-refractivity contribution >= 4 is 17.5 Å². The molecular weight excluding hydrogens is 394 g/mol. The minimum absolute atomic E-state index is 0.0192. The number of aliphatic hydroxyl groups is 1. The molecule has 5 rings (SSSR count). The maximum Gasteiger partial charge on any atom is 0.262 e. The zero-order chi connectivity index (χ0) is 21.4. The van der Waals surface area contributed by atoms with Gasteiger partial charge in [0.1, 0.15) is 5.75 Å². The Labute approximate surface area is 181 Å². The third kappa shape index (κ3) is 4.29. The van der Waals surface area contributed by atoms with Gasteiger partial charge in [0.25, 0.3) is 5.91 Å². The molecule has 31 heavy (non-hydrogen) atoms. The standard InChI is InChI=1S/C24H27N3O4/c28-20-7-8-26(14-20)13-19-11-17-3-1-2-4-18(17)12-27(19)24(30)10-16-5-6-22-21(9-16)25-23(29)15-31-22/h1-6,9,19-20,28H,7-8,10-15H2,(H,25,29)/t19?,20-/m0/s1. The van der Waals surface area contributed by atoms with Crippen molar-refractivity contribution in [1.82, 2.24) is 9.80 Å². The molecule has 2 aromatic rings. The molecule has 2 N–H and O–H groups in total. The summed E-state index contributed by atoms with van der Waals surface area (Å²) in [5.41, 5.74) is 3.96. The lowest BCUT2D eigenvalue weighted by Crippen LogP contribution is -2.50. The Morgan fingerprint density at radius 3 is 2.84 bits per heavy atom. The largest absolute Gasteiger partial charge is 0.482 e. The maximum atomic E-state index is 13.4. The van der Waals surface area contributed by atoms with Crippen LogP contribution in [0.4, 0.5) is 5.69 Å². The Bertz CT molecular complexity index is 1010. The van der Waals surface area contributed by atoms with Gasteiger partial charge in [-0.25, -0.2) is 0 Å². The van der Waals surface area contributed by atoms with Crippen molar-refractivity contribution in [3.8, 4) is 5.75 Å². The van der Waals surface area contributed by atoms with Gasteiger partial charge in [0.05, 0.1) is 18.2 Å². The first-order valence-electron chi connectivity index (χ1n) is 10.9. The van der Waals surface area contributed by atoms with Gasteiger partial charge < -0.3 is 20.1 Å². The summed E-state index contributed by atoms with van der Waals surface area (Å²) in [5.74, 6) is 0.520. The van der Waals surface area contributed by atoms with Crippen LogP contribution in [0, 0.1) is 0 Å². The van der Waals surface area contributed by atoms with E-state index in [-0.39, 0.29) is 37.0 Å². The van der Waals surface area contributed by atoms with E-state index in [9.17, 15) is 14.7 Å². The van der Waals surface area contributed by atoms with Gasteiger partial charge in [0, 0.05) is 32.2 Å². The maximum absolute atomic E-state index is 13.4. The van der Waals surface area contributed by atoms with E-state index in [4.69, 9.17) is 4.74 Å². The number of carbonyl (C=O) groups excluding carboxylic acids is 2. The average molecular weight is 421 g/mol. The van der Waals surface area contributed by atoms with E-state index in [0.717, 1.165) is 31.5 Å². The minimum atomic E-state index is -0.270. The lowest BCUT2D eigenvalue weighted by Gasteiger charge is -2.39. The van der Waals surface area contributed by atoms with E-state index in [1.165, 1.54) is 11.1 Å². The molecule has 0 aromatic heterocycles. The Hall–Kier alpha value is -2.90. The molecule has 0 bridgehead atoms. The van der Waals surface area contributed by atoms with E-state index in [2.05, 4.69) is 28.4 Å². The number of hydrogen-bond acceptors (Lipinski definition) is 5. The highest BCUT2D eigenvalue weighted by molar-refractivity contribution is 5.95. The Morgan fingerprint density at radius 1 is 1.19 bits per heavy atom. The van der Waals surface area contributed by atoms with Gasteiger partial charge in [-0.2, -0.15) is 0 Å². The van der Waals surface area contributed by atoms with Crippen molar-refractivity contribution < 1.29 is 19.4 Å². The van der Waals surface area contributed by atoms with Crippen molar-refractivity contribution in [3.05, 3.63) is 59.2 Å². The molecule has 7 heteroatoms. The topological polar surface area (TPSA) is 82.1 Å². The lowest BCUT2D eigenvalue weighted by molar-refractivity contribution is -0.134. The van der Waals surface area contributed by atoms with Gasteiger partial charge in [-0.15, -0.1) is 0 Å². The normalized spacial score (nSPS) is 23.0. The molecule has 1 unspecified atom stereocenters. The fourth-order valence-corrected chi connectivity index (χ4v) is 4.83. The number of anilines is 1. The third-order valence-electron chi connectivity index (χ3n) is 6.42. The number of benzene rings is 2. The number of amides is 2. The molecule has 0 radical (unpaired) electrons. The summed E-state index contributed by atoms with van der Waals surface area (Å²) in [4.78, 5) is 29.3. The van der Waals surface area contributed by atoms with Gasteiger partial charge in [-0.3, -0.25) is 14.5 Å². The summed E-state index contributed by atoms with van der Waals surface area (Å²) in [6, 6.07) is 13.9. The van der Waals surface area contributed by atoms with Crippen molar-refractivity contribution in [2.45, 2.75) is 38.0 Å². The quantitative estimate of drug-likeness (QED) is 0.784. The average Bonchev–Trinajstić information content (AvgIpc) is 3.17. The predicted octanol–water partition coefficient (Wildman–Crippen LogP) is 1.58. The van der Waals surface area contributed by atoms with E-state index < -0.39 is 0 Å². The molecule has 2 amide bonds. The van der Waals surface area contributed by atoms with Gasteiger partial charge in [0.15, 0.2) is 6.61 Å². The van der Waals surface area contributed by atoms with Crippen LogP contribution in [0.15, 0.2) is 42.5 Å². The van der Waals surface area contributed by atoms with E-state index in [0.29, 0.717) is 24.5 Å². The monoisotopic (exact) mass is 421 g/mol. The number of hydrogen-bond donors (Lipinski definition) is 2. The van der Waals surface area contributed by atoms with E-state index in [1.54, 1.807) is 0 Å². The number of nitrogens with zero attached hydrogens (tertiary/aromatic N) is 2. The van der Waals surface area contributed by atoms with Crippen LogP contribution in [0.2, 0.25) is 0 Å². The molecule has 2 aromatic carbocycles. The number of rotatable bonds is 4. The minimum Gasteiger partial charge on any atom is -0.482 e. The molecule has 0 aliphatic carbocycles. The zero-order valence-corrected chi connectivity index (χ0v) is 17.4. The predicted molar refractivity (Wildman–Crippen MR) is 116 cm³/mol. The molecular formula is C24H27N3O4. The summed E-state index contributed by atoms with van der Waals surface area (Å²) >= 11 is 0. The van der Waals surface area contributed by atoms with Crippen LogP contribution in [0.1, 0.15) is 23.1 Å². The van der Waals surface area contributed by atoms with E-state index >= 15 is 0 Å². The number of carbonyl (C=O) groups is 2. The second kappa shape index (κ2) is 8.32. The second-order valence-electron chi connectivity index (χ2n) is 8.69. The van der Waals surface area contributed by atoms with Crippen LogP contribution in [-0.4, -0.2) is 65.1 Å². The first kappa shape index (κ1) is 20.0. The first-order chi connectivity index (χ1) is 15.0. The first-order valence-corrected chi connectivity index (χ1v) is 10.9. The Kier molecular flexibility index (Phi) is 5.38. The van der Waals surface area contributed by atoms with Crippen LogP contribution in [-0.2, 0) is 29.0 Å². The van der Waals surface area contributed by atoms with Crippen molar-refractivity contribution in [1.29, 1.82) is 0 Å². The second-order valence-corrected chi connectivity index (χ2v) is 8.69. The molecule has 0 saturated carbocycles. The van der Waals surface area contributed by atoms with Crippen molar-refractivity contribution in [2.24, 2.45) is 0 Å². The number of nitrogens with one attached hydrogen (secondary N) is 1. The molecule has 7 nitrogen and oxygen atoms in total. The van der Waals surface area contributed by atoms with Crippen molar-refractivity contribution in [3.63, 3.8) is 0 Å². The number of ether oxygens (including phenoxy) is 1. The third-order valence-corrected chi connectivity index (χ3v) is 6.42. The molecule has 3 aliphatic rings. The van der Waals surface area contributed by atoms with Crippen molar-refractivity contribution in [2.75, 3.05) is 31.6 Å². The highest BCUT2D eigenvalue weighted by Gasteiger charge is 2.32. The van der Waals surface area contributed by atoms with Gasteiger partial charge in [0.2, 0.25) is 5.91 Å². The molecule has 162 valence electrons. The van der Waals surface area contributed by atoms with Crippen LogP contribution in [0.3, 0.4) is 0 Å². The van der Waals surface area contributed by atoms with Crippen LogP contribution < -0.4 is 10.1 Å². The summed E-state index contributed by atoms with van der Waals surface area (Å²) in [5, 5.41) is 12.7. The van der Waals surface area contributed by atoms with Gasteiger partial charge in [-0.1, -0.05) is 30.3 Å². The number of aliphatic hydroxyl groups excluding tert-OH is 1. The zero-order valence-electron chi connectivity index (χ0n) is 17.4. The molecule has 1 saturated heterocycles. The van der Waals surface area contributed by atoms with Crippen LogP contribution in [0.5, 0.6) is 5.75 Å². The molecule has 2 atom stereocenters. The highest BCUT2D eigenvalue weighted by Crippen LogP contribution is 2.30. The molecule has 0 spiro atoms. The lowest BCUT2D eigenvalue weighted by atomic mass is 9.93. The summed E-state index contributed by atoms with van der Waals surface area (Å²) < 4.78 is 5.42. The SMILES string of the molecule is O=C1COc2ccc(CC(=O)N3Cc4ccccc4CC3CN3CC[C@H](O)C3)cc2N1. The number of likely N-dealkylation sites (tertiary alicyclic amines) is 1. The number of β-amino-alcohol motifs (C(OH)–C–C–N with tert-alkyl or cyclic N) is 1. The number of fused-ring (bicyclic) bond motifs is 2. The summed E-state index contributed by atoms with van der Waals surface area (Å²) in [6.07, 6.45) is 1.61. The summed E-state index contributed by atoms with van der Waals surface area (Å²) in [6.45, 7) is 2.92. The fraction of sp³-hybridized carbons (Fsp3) is 0.417. The van der Waals surface area contributed by atoms with E-state index in [1.807, 2.05) is 29.2 Å². The molecule has 3 aliphatic heterocycles. The Balaban J connectivity index is 1.35. The van der Waals surface area contributed by atoms with Crippen LogP contribution in [0.25, 0.3) is 0 Å². The van der Waals surface area contributed by atoms with Gasteiger partial charge >= 0.3 is 0 Å². The highest BCUT2D eigenvalue weighted by atomic mass is 16.5. The summed E-state index contributed by atoms with van der Waals surface area (Å²) in [7, 11) is 0. The Morgan fingerprint density at radius 2 is 2.03 bits per heavy atom. The van der Waals surface area contributed by atoms with Gasteiger partial charge in [-0.05, 0) is 41.7 Å². The molecule has 1 fully saturated rings. The molecule has 3 heterocycles. The smallest absolute Gasteiger partial charge is 0.262 e. The fourth-order valence-electron chi connectivity index (χ4n) is 4.83.